The van der Waals surface area contributed by atoms with Crippen molar-refractivity contribution in [2.45, 2.75) is 26.3 Å². The van der Waals surface area contributed by atoms with Crippen LogP contribution in [0.3, 0.4) is 0 Å². The van der Waals surface area contributed by atoms with Crippen LogP contribution in [0.5, 0.6) is 0 Å². The molecule has 1 aromatic carbocycles. The molecule has 0 aliphatic heterocycles. The first kappa shape index (κ1) is 17.5. The van der Waals surface area contributed by atoms with E-state index in [2.05, 4.69) is 21.8 Å². The number of nitrogens with one attached hydrogen (secondary N) is 1. The maximum absolute atomic E-state index is 13.0. The second-order valence-corrected chi connectivity index (χ2v) is 6.90. The second-order valence-electron chi connectivity index (χ2n) is 6.90. The van der Waals surface area contributed by atoms with Crippen LogP contribution in [0.1, 0.15) is 29.4 Å². The van der Waals surface area contributed by atoms with Crippen LogP contribution in [-0.4, -0.2) is 27.0 Å². The van der Waals surface area contributed by atoms with Gasteiger partial charge in [0.2, 0.25) is 0 Å². The van der Waals surface area contributed by atoms with Crippen LogP contribution in [0.4, 0.5) is 11.4 Å². The standard InChI is InChI=1S/C22H23N3O2/c1-2-25-18-12-15(14-26)13-19(27)20(18)21(24-17-6-4-3-5-7-17)22(25)16-8-10-23-11-9-16/h3-11,15,24,26H,2,12-14H2,1H3. The number of ketones is 1. The van der Waals surface area contributed by atoms with Crippen molar-refractivity contribution < 1.29 is 9.90 Å². The topological polar surface area (TPSA) is 67.2 Å². The number of anilines is 2. The molecule has 4 rings (SSSR count). The monoisotopic (exact) mass is 361 g/mol. The van der Waals surface area contributed by atoms with E-state index in [-0.39, 0.29) is 18.3 Å². The minimum atomic E-state index is -0.0138. The first-order valence-electron chi connectivity index (χ1n) is 9.34. The Bertz CT molecular complexity index is 949. The van der Waals surface area contributed by atoms with E-state index < -0.39 is 0 Å². The summed E-state index contributed by atoms with van der Waals surface area (Å²) in [4.78, 5) is 17.1. The molecule has 3 aromatic rings. The number of aliphatic hydroxyl groups is 1. The number of carbonyl (C=O) groups is 1. The maximum Gasteiger partial charge on any atom is 0.167 e. The summed E-state index contributed by atoms with van der Waals surface area (Å²) >= 11 is 0. The van der Waals surface area contributed by atoms with Crippen molar-refractivity contribution in [2.75, 3.05) is 11.9 Å². The molecule has 0 amide bonds. The molecular weight excluding hydrogens is 338 g/mol. The van der Waals surface area contributed by atoms with E-state index in [0.29, 0.717) is 12.8 Å². The molecular formula is C22H23N3O2. The third-order valence-electron chi connectivity index (χ3n) is 5.18. The highest BCUT2D eigenvalue weighted by Crippen LogP contribution is 2.42. The van der Waals surface area contributed by atoms with Gasteiger partial charge in [-0.2, -0.15) is 0 Å². The smallest absolute Gasteiger partial charge is 0.167 e. The van der Waals surface area contributed by atoms with E-state index in [1.54, 1.807) is 12.4 Å². The number of hydrogen-bond acceptors (Lipinski definition) is 4. The molecule has 1 atom stereocenters. The Morgan fingerprint density at radius 3 is 2.56 bits per heavy atom. The van der Waals surface area contributed by atoms with E-state index in [1.165, 1.54) is 0 Å². The Labute approximate surface area is 158 Å². The highest BCUT2D eigenvalue weighted by atomic mass is 16.3. The molecule has 1 aliphatic carbocycles. The molecule has 0 fully saturated rings. The average Bonchev–Trinajstić information content (AvgIpc) is 3.03. The predicted molar refractivity (Wildman–Crippen MR) is 106 cm³/mol. The molecule has 0 radical (unpaired) electrons. The van der Waals surface area contributed by atoms with Gasteiger partial charge in [-0.15, -0.1) is 0 Å². The number of hydrogen-bond donors (Lipinski definition) is 2. The lowest BCUT2D eigenvalue weighted by molar-refractivity contribution is 0.0917. The Morgan fingerprint density at radius 2 is 1.89 bits per heavy atom. The number of aliphatic hydroxyl groups excluding tert-OH is 1. The Hall–Kier alpha value is -2.92. The highest BCUT2D eigenvalue weighted by molar-refractivity contribution is 6.07. The van der Waals surface area contributed by atoms with Gasteiger partial charge in [-0.25, -0.2) is 0 Å². The minimum absolute atomic E-state index is 0.0138. The Kier molecular flexibility index (Phi) is 4.77. The van der Waals surface area contributed by atoms with Crippen molar-refractivity contribution in [1.29, 1.82) is 0 Å². The summed E-state index contributed by atoms with van der Waals surface area (Å²) in [7, 11) is 0. The van der Waals surface area contributed by atoms with Gasteiger partial charge in [0.15, 0.2) is 5.78 Å². The van der Waals surface area contributed by atoms with E-state index in [9.17, 15) is 9.90 Å². The zero-order valence-electron chi connectivity index (χ0n) is 15.4. The van der Waals surface area contributed by atoms with Crippen LogP contribution in [0, 0.1) is 5.92 Å². The van der Waals surface area contributed by atoms with E-state index in [4.69, 9.17) is 0 Å². The number of rotatable bonds is 5. The number of Topliss-reactive ketones (excluding diaryl/α,β-unsaturated/α-hetero) is 1. The molecule has 5 heteroatoms. The van der Waals surface area contributed by atoms with Gasteiger partial charge in [0.25, 0.3) is 0 Å². The molecule has 2 heterocycles. The summed E-state index contributed by atoms with van der Waals surface area (Å²) in [5.74, 6) is 0.0799. The van der Waals surface area contributed by atoms with Gasteiger partial charge >= 0.3 is 0 Å². The van der Waals surface area contributed by atoms with Gasteiger partial charge in [0, 0.05) is 48.9 Å². The van der Waals surface area contributed by atoms with Gasteiger partial charge in [0.1, 0.15) is 0 Å². The van der Waals surface area contributed by atoms with E-state index >= 15 is 0 Å². The summed E-state index contributed by atoms with van der Waals surface area (Å²) < 4.78 is 2.20. The van der Waals surface area contributed by atoms with Gasteiger partial charge in [-0.3, -0.25) is 9.78 Å². The van der Waals surface area contributed by atoms with Gasteiger partial charge in [-0.1, -0.05) is 18.2 Å². The third-order valence-corrected chi connectivity index (χ3v) is 5.18. The summed E-state index contributed by atoms with van der Waals surface area (Å²) in [5, 5.41) is 13.1. The van der Waals surface area contributed by atoms with Gasteiger partial charge in [0.05, 0.1) is 16.9 Å². The maximum atomic E-state index is 13.0. The van der Waals surface area contributed by atoms with Crippen molar-refractivity contribution in [3.05, 3.63) is 66.1 Å². The summed E-state index contributed by atoms with van der Waals surface area (Å²) in [6, 6.07) is 13.8. The fourth-order valence-electron chi connectivity index (χ4n) is 3.97. The Balaban J connectivity index is 1.95. The van der Waals surface area contributed by atoms with Crippen molar-refractivity contribution >= 4 is 17.2 Å². The van der Waals surface area contributed by atoms with Crippen LogP contribution >= 0.6 is 0 Å². The first-order valence-corrected chi connectivity index (χ1v) is 9.34. The Morgan fingerprint density at radius 1 is 1.15 bits per heavy atom. The molecule has 138 valence electrons. The lowest BCUT2D eigenvalue weighted by Crippen LogP contribution is -2.24. The van der Waals surface area contributed by atoms with Crippen LogP contribution in [0.25, 0.3) is 11.3 Å². The minimum Gasteiger partial charge on any atom is -0.396 e. The van der Waals surface area contributed by atoms with Crippen LogP contribution in [0.15, 0.2) is 54.9 Å². The molecule has 2 aromatic heterocycles. The number of fused-ring (bicyclic) bond motifs is 1. The normalized spacial score (nSPS) is 16.2. The number of para-hydroxylation sites is 1. The quantitative estimate of drug-likeness (QED) is 0.719. The first-order chi connectivity index (χ1) is 13.2. The van der Waals surface area contributed by atoms with E-state index in [1.807, 2.05) is 42.5 Å². The summed E-state index contributed by atoms with van der Waals surface area (Å²) in [6.45, 7) is 2.87. The molecule has 0 spiro atoms. The molecule has 1 unspecified atom stereocenters. The molecule has 0 saturated heterocycles. The summed E-state index contributed by atoms with van der Waals surface area (Å²) in [6.07, 6.45) is 4.63. The van der Waals surface area contributed by atoms with Crippen LogP contribution in [0.2, 0.25) is 0 Å². The molecule has 27 heavy (non-hydrogen) atoms. The SMILES string of the molecule is CCn1c2c(c(Nc3ccccc3)c1-c1ccncc1)C(=O)CC(CO)C2. The molecule has 1 aliphatic rings. The average molecular weight is 361 g/mol. The molecule has 0 bridgehead atoms. The fourth-order valence-corrected chi connectivity index (χ4v) is 3.97. The van der Waals surface area contributed by atoms with E-state index in [0.717, 1.165) is 40.4 Å². The van der Waals surface area contributed by atoms with Crippen molar-refractivity contribution in [3.63, 3.8) is 0 Å². The second kappa shape index (κ2) is 7.37. The zero-order chi connectivity index (χ0) is 18.8. The number of carbonyl (C=O) groups excluding carboxylic acids is 1. The molecule has 2 N–H and O–H groups in total. The highest BCUT2D eigenvalue weighted by Gasteiger charge is 2.33. The number of benzene rings is 1. The van der Waals surface area contributed by atoms with Crippen LogP contribution < -0.4 is 5.32 Å². The van der Waals surface area contributed by atoms with Gasteiger partial charge in [-0.05, 0) is 43.5 Å². The lowest BCUT2D eigenvalue weighted by atomic mass is 9.86. The fraction of sp³-hybridized carbons (Fsp3) is 0.273. The summed E-state index contributed by atoms with van der Waals surface area (Å²) in [5.41, 5.74) is 5.59. The molecule has 0 saturated carbocycles. The predicted octanol–water partition coefficient (Wildman–Crippen LogP) is 4.05. The zero-order valence-corrected chi connectivity index (χ0v) is 15.4. The van der Waals surface area contributed by atoms with Crippen molar-refractivity contribution in [3.8, 4) is 11.3 Å². The number of nitrogens with zero attached hydrogens (tertiary/aromatic N) is 2. The number of aromatic nitrogens is 2. The third kappa shape index (κ3) is 3.15. The number of pyridine rings is 1. The van der Waals surface area contributed by atoms with Crippen molar-refractivity contribution in [1.82, 2.24) is 9.55 Å². The molecule has 5 nitrogen and oxygen atoms in total. The van der Waals surface area contributed by atoms with Crippen molar-refractivity contribution in [2.24, 2.45) is 5.92 Å². The van der Waals surface area contributed by atoms with Gasteiger partial charge < -0.3 is 15.0 Å². The lowest BCUT2D eigenvalue weighted by Gasteiger charge is -2.22. The van der Waals surface area contributed by atoms with Crippen LogP contribution in [-0.2, 0) is 13.0 Å². The largest absolute Gasteiger partial charge is 0.396 e.